The van der Waals surface area contributed by atoms with Crippen LogP contribution in [0.15, 0.2) is 55.1 Å². The van der Waals surface area contributed by atoms with Crippen molar-refractivity contribution in [2.75, 3.05) is 5.32 Å². The average molecular weight is 435 g/mol. The topological polar surface area (TPSA) is 90.5 Å². The lowest BCUT2D eigenvalue weighted by Crippen LogP contribution is -2.21. The zero-order chi connectivity index (χ0) is 22.2. The third kappa shape index (κ3) is 3.97. The predicted molar refractivity (Wildman–Crippen MR) is 95.6 cm³/mol. The minimum Gasteiger partial charge on any atom is -0.320 e. The summed E-state index contributed by atoms with van der Waals surface area (Å²) in [6.07, 6.45) is -2.60. The molecule has 0 saturated carbocycles. The van der Waals surface area contributed by atoms with Gasteiger partial charge in [0.25, 0.3) is 5.91 Å². The number of rotatable bonds is 4. The Morgan fingerprint density at radius 1 is 1.06 bits per heavy atom. The van der Waals surface area contributed by atoms with Crippen LogP contribution in [-0.4, -0.2) is 35.7 Å². The molecule has 8 nitrogen and oxygen atoms in total. The number of aromatic nitrogens is 6. The highest BCUT2D eigenvalue weighted by atomic mass is 19.4. The van der Waals surface area contributed by atoms with Gasteiger partial charge in [-0.15, -0.1) is 5.10 Å². The third-order valence-electron chi connectivity index (χ3n) is 4.08. The Kier molecular flexibility index (Phi) is 4.93. The number of halogens is 5. The molecule has 4 aromatic rings. The van der Waals surface area contributed by atoms with Crippen LogP contribution < -0.4 is 5.32 Å². The van der Waals surface area contributed by atoms with E-state index < -0.39 is 35.1 Å². The maximum absolute atomic E-state index is 14.3. The van der Waals surface area contributed by atoms with Crippen LogP contribution in [0.3, 0.4) is 0 Å². The van der Waals surface area contributed by atoms with Gasteiger partial charge in [0.2, 0.25) is 0 Å². The van der Waals surface area contributed by atoms with Crippen molar-refractivity contribution in [2.24, 2.45) is 0 Å². The molecule has 2 aromatic carbocycles. The van der Waals surface area contributed by atoms with Gasteiger partial charge in [0.15, 0.2) is 17.2 Å². The summed E-state index contributed by atoms with van der Waals surface area (Å²) in [7, 11) is 0. The molecule has 0 aliphatic heterocycles. The van der Waals surface area contributed by atoms with Crippen LogP contribution in [-0.2, 0) is 6.18 Å². The fraction of sp³-hybridized carbons (Fsp3) is 0.0556. The maximum atomic E-state index is 14.3. The van der Waals surface area contributed by atoms with Crippen LogP contribution in [0.2, 0.25) is 0 Å². The lowest BCUT2D eigenvalue weighted by atomic mass is 10.2. The molecule has 0 saturated heterocycles. The van der Waals surface area contributed by atoms with E-state index in [1.54, 1.807) is 0 Å². The Bertz CT molecular complexity index is 1250. The molecule has 0 atom stereocenters. The fourth-order valence-corrected chi connectivity index (χ4v) is 2.77. The van der Waals surface area contributed by atoms with Crippen molar-refractivity contribution in [2.45, 2.75) is 6.18 Å². The van der Waals surface area contributed by atoms with Crippen molar-refractivity contribution in [1.82, 2.24) is 29.8 Å². The molecule has 31 heavy (non-hydrogen) atoms. The minimum absolute atomic E-state index is 0.0172. The van der Waals surface area contributed by atoms with E-state index >= 15 is 0 Å². The van der Waals surface area contributed by atoms with Gasteiger partial charge in [-0.1, -0.05) is 11.3 Å². The second kappa shape index (κ2) is 7.59. The van der Waals surface area contributed by atoms with Crippen LogP contribution in [0.4, 0.5) is 27.6 Å². The van der Waals surface area contributed by atoms with E-state index in [9.17, 15) is 26.7 Å². The molecule has 4 rings (SSSR count). The molecule has 1 amide bonds. The van der Waals surface area contributed by atoms with Crippen molar-refractivity contribution >= 4 is 11.6 Å². The number of nitrogens with one attached hydrogen (secondary N) is 1. The van der Waals surface area contributed by atoms with E-state index in [0.29, 0.717) is 4.68 Å². The number of carbonyl (C=O) groups excluding carboxylic acids is 1. The molecule has 0 bridgehead atoms. The second-order valence-electron chi connectivity index (χ2n) is 6.14. The Labute approximate surface area is 169 Å². The Balaban J connectivity index is 1.67. The largest absolute Gasteiger partial charge is 0.435 e. The SMILES string of the molecule is O=C(Nc1ccc(-n2cncn2)c(F)c1)c1nnn(-c2cccc(F)c2)c1C(F)(F)F. The summed E-state index contributed by atoms with van der Waals surface area (Å²) < 4.78 is 70.1. The van der Waals surface area contributed by atoms with Crippen molar-refractivity contribution in [1.29, 1.82) is 0 Å². The average Bonchev–Trinajstić information content (AvgIpc) is 3.38. The molecule has 0 unspecified atom stereocenters. The van der Waals surface area contributed by atoms with Crippen molar-refractivity contribution < 1.29 is 26.7 Å². The zero-order valence-corrected chi connectivity index (χ0v) is 15.2. The molecule has 1 N–H and O–H groups in total. The van der Waals surface area contributed by atoms with Gasteiger partial charge < -0.3 is 5.32 Å². The van der Waals surface area contributed by atoms with E-state index in [1.165, 1.54) is 36.9 Å². The molecule has 0 aliphatic rings. The molecular weight excluding hydrogens is 425 g/mol. The van der Waals surface area contributed by atoms with Gasteiger partial charge in [-0.2, -0.15) is 18.3 Å². The van der Waals surface area contributed by atoms with E-state index in [-0.39, 0.29) is 17.1 Å². The molecule has 158 valence electrons. The number of nitrogens with zero attached hydrogens (tertiary/aromatic N) is 6. The lowest BCUT2D eigenvalue weighted by molar-refractivity contribution is -0.143. The second-order valence-corrected chi connectivity index (χ2v) is 6.14. The monoisotopic (exact) mass is 435 g/mol. The first-order chi connectivity index (χ1) is 14.7. The van der Waals surface area contributed by atoms with E-state index in [4.69, 9.17) is 0 Å². The van der Waals surface area contributed by atoms with E-state index in [2.05, 4.69) is 25.7 Å². The van der Waals surface area contributed by atoms with Crippen LogP contribution in [0, 0.1) is 11.6 Å². The number of alkyl halides is 3. The Hall–Kier alpha value is -4.16. The number of anilines is 1. The van der Waals surface area contributed by atoms with Crippen molar-refractivity contribution in [3.63, 3.8) is 0 Å². The summed E-state index contributed by atoms with van der Waals surface area (Å²) in [4.78, 5) is 16.2. The number of benzene rings is 2. The number of hydrogen-bond donors (Lipinski definition) is 1. The fourth-order valence-electron chi connectivity index (χ4n) is 2.77. The quantitative estimate of drug-likeness (QED) is 0.497. The van der Waals surface area contributed by atoms with Gasteiger partial charge in [0.05, 0.1) is 5.69 Å². The molecule has 0 radical (unpaired) electrons. The first-order valence-corrected chi connectivity index (χ1v) is 8.49. The highest BCUT2D eigenvalue weighted by Gasteiger charge is 2.42. The smallest absolute Gasteiger partial charge is 0.320 e. The number of carbonyl (C=O) groups is 1. The Morgan fingerprint density at radius 2 is 1.87 bits per heavy atom. The van der Waals surface area contributed by atoms with Gasteiger partial charge in [0, 0.05) is 5.69 Å². The molecule has 0 aliphatic carbocycles. The highest BCUT2D eigenvalue weighted by Crippen LogP contribution is 2.33. The molecule has 2 heterocycles. The van der Waals surface area contributed by atoms with Gasteiger partial charge >= 0.3 is 6.18 Å². The van der Waals surface area contributed by atoms with Gasteiger partial charge in [-0.05, 0) is 36.4 Å². The number of amides is 1. The van der Waals surface area contributed by atoms with Crippen LogP contribution in [0.5, 0.6) is 0 Å². The van der Waals surface area contributed by atoms with Crippen molar-refractivity contribution in [3.05, 3.63) is 78.1 Å². The molecule has 13 heteroatoms. The summed E-state index contributed by atoms with van der Waals surface area (Å²) >= 11 is 0. The molecule has 0 fully saturated rings. The summed E-state index contributed by atoms with van der Waals surface area (Å²) in [6, 6.07) is 7.64. The Morgan fingerprint density at radius 3 is 2.52 bits per heavy atom. The van der Waals surface area contributed by atoms with Crippen molar-refractivity contribution in [3.8, 4) is 11.4 Å². The van der Waals surface area contributed by atoms with E-state index in [1.807, 2.05) is 0 Å². The van der Waals surface area contributed by atoms with Gasteiger partial charge in [-0.25, -0.2) is 23.1 Å². The zero-order valence-electron chi connectivity index (χ0n) is 15.2. The summed E-state index contributed by atoms with van der Waals surface area (Å²) in [5.41, 5.74) is -2.95. The first-order valence-electron chi connectivity index (χ1n) is 8.49. The normalized spacial score (nSPS) is 11.5. The van der Waals surface area contributed by atoms with Gasteiger partial charge in [0.1, 0.15) is 24.2 Å². The van der Waals surface area contributed by atoms with Crippen LogP contribution in [0.1, 0.15) is 16.2 Å². The first kappa shape index (κ1) is 20.1. The molecule has 0 spiro atoms. The highest BCUT2D eigenvalue weighted by molar-refractivity contribution is 6.03. The van der Waals surface area contributed by atoms with E-state index in [0.717, 1.165) is 22.9 Å². The third-order valence-corrected chi connectivity index (χ3v) is 4.08. The number of hydrogen-bond acceptors (Lipinski definition) is 5. The maximum Gasteiger partial charge on any atom is 0.435 e. The summed E-state index contributed by atoms with van der Waals surface area (Å²) in [5.74, 6) is -2.87. The molecular formula is C18H10F5N7O. The lowest BCUT2D eigenvalue weighted by Gasteiger charge is -2.12. The minimum atomic E-state index is -5.04. The molecule has 2 aromatic heterocycles. The predicted octanol–water partition coefficient (Wildman–Crippen LogP) is 3.40. The summed E-state index contributed by atoms with van der Waals surface area (Å²) in [5, 5.41) is 12.6. The van der Waals surface area contributed by atoms with Crippen LogP contribution >= 0.6 is 0 Å². The standard InChI is InChI=1S/C18H10F5N7O/c19-10-2-1-3-12(6-10)30-16(18(21,22)23)15(27-28-30)17(31)26-11-4-5-14(13(20)7-11)29-9-24-8-25-29/h1-9H,(H,26,31). The van der Waals surface area contributed by atoms with Crippen LogP contribution in [0.25, 0.3) is 11.4 Å². The summed E-state index contributed by atoms with van der Waals surface area (Å²) in [6.45, 7) is 0. The van der Waals surface area contributed by atoms with Gasteiger partial charge in [-0.3, -0.25) is 4.79 Å².